The van der Waals surface area contributed by atoms with E-state index in [1.54, 1.807) is 0 Å². The van der Waals surface area contributed by atoms with E-state index in [1.807, 2.05) is 6.07 Å². The zero-order valence-electron chi connectivity index (χ0n) is 9.74. The maximum Gasteiger partial charge on any atom is 0.0206 e. The van der Waals surface area contributed by atoms with Crippen molar-refractivity contribution >= 4 is 0 Å². The lowest BCUT2D eigenvalue weighted by atomic mass is 10.0. The fourth-order valence-electron chi connectivity index (χ4n) is 1.69. The van der Waals surface area contributed by atoms with E-state index in [9.17, 15) is 0 Å². The predicted octanol–water partition coefficient (Wildman–Crippen LogP) is 2.15. The second-order valence-corrected chi connectivity index (χ2v) is 4.51. The van der Waals surface area contributed by atoms with Gasteiger partial charge in [0.15, 0.2) is 0 Å². The Balaban J connectivity index is 2.16. The van der Waals surface area contributed by atoms with Gasteiger partial charge in [-0.25, -0.2) is 0 Å². The third-order valence-electron chi connectivity index (χ3n) is 2.35. The van der Waals surface area contributed by atoms with Crippen LogP contribution in [0.5, 0.6) is 0 Å². The van der Waals surface area contributed by atoms with Crippen molar-refractivity contribution in [3.63, 3.8) is 0 Å². The molecular formula is C13H22N2. The van der Waals surface area contributed by atoms with E-state index in [1.165, 1.54) is 5.56 Å². The molecule has 0 bridgehead atoms. The van der Waals surface area contributed by atoms with Gasteiger partial charge in [0.05, 0.1) is 0 Å². The minimum atomic E-state index is 0.272. The van der Waals surface area contributed by atoms with Crippen LogP contribution in [0.15, 0.2) is 30.3 Å². The first kappa shape index (κ1) is 12.2. The van der Waals surface area contributed by atoms with E-state index in [2.05, 4.69) is 43.4 Å². The molecule has 0 amide bonds. The highest BCUT2D eigenvalue weighted by Crippen LogP contribution is 2.02. The molecule has 2 nitrogen and oxygen atoms in total. The molecule has 84 valence electrons. The average molecular weight is 206 g/mol. The van der Waals surface area contributed by atoms with E-state index < -0.39 is 0 Å². The van der Waals surface area contributed by atoms with Crippen molar-refractivity contribution in [1.29, 1.82) is 0 Å². The van der Waals surface area contributed by atoms with Gasteiger partial charge >= 0.3 is 0 Å². The van der Waals surface area contributed by atoms with Crippen molar-refractivity contribution < 1.29 is 0 Å². The lowest BCUT2D eigenvalue weighted by Crippen LogP contribution is -2.34. The summed E-state index contributed by atoms with van der Waals surface area (Å²) in [6.45, 7) is 6.22. The van der Waals surface area contributed by atoms with E-state index in [4.69, 9.17) is 5.73 Å². The Morgan fingerprint density at radius 3 is 2.47 bits per heavy atom. The summed E-state index contributed by atoms with van der Waals surface area (Å²) in [6, 6.07) is 10.7. The average Bonchev–Trinajstić information content (AvgIpc) is 2.18. The monoisotopic (exact) mass is 206 g/mol. The number of nitrogens with one attached hydrogen (secondary N) is 1. The molecule has 0 aliphatic heterocycles. The predicted molar refractivity (Wildman–Crippen MR) is 65.6 cm³/mol. The molecule has 0 aliphatic carbocycles. The number of hydrogen-bond donors (Lipinski definition) is 2. The summed E-state index contributed by atoms with van der Waals surface area (Å²) in [5.74, 6) is 0.679. The zero-order valence-corrected chi connectivity index (χ0v) is 9.74. The van der Waals surface area contributed by atoms with Crippen molar-refractivity contribution in [2.75, 3.05) is 6.54 Å². The smallest absolute Gasteiger partial charge is 0.0206 e. The van der Waals surface area contributed by atoms with E-state index >= 15 is 0 Å². The maximum atomic E-state index is 5.98. The highest BCUT2D eigenvalue weighted by molar-refractivity contribution is 5.14. The second-order valence-electron chi connectivity index (χ2n) is 4.51. The molecule has 0 spiro atoms. The fourth-order valence-corrected chi connectivity index (χ4v) is 1.69. The summed E-state index contributed by atoms with van der Waals surface area (Å²) in [5, 5.41) is 3.38. The third-order valence-corrected chi connectivity index (χ3v) is 2.35. The number of nitrogens with two attached hydrogens (primary N) is 1. The number of rotatable bonds is 6. The minimum Gasteiger partial charge on any atom is -0.327 e. The van der Waals surface area contributed by atoms with E-state index in [0.29, 0.717) is 5.92 Å². The zero-order chi connectivity index (χ0) is 11.1. The minimum absolute atomic E-state index is 0.272. The molecule has 0 saturated heterocycles. The van der Waals surface area contributed by atoms with Crippen LogP contribution in [-0.2, 0) is 6.54 Å². The highest BCUT2D eigenvalue weighted by Gasteiger charge is 2.04. The van der Waals surface area contributed by atoms with Crippen LogP contribution in [-0.4, -0.2) is 12.6 Å². The fraction of sp³-hybridized carbons (Fsp3) is 0.538. The lowest BCUT2D eigenvalue weighted by Gasteiger charge is -2.14. The van der Waals surface area contributed by atoms with Gasteiger partial charge in [-0.3, -0.25) is 0 Å². The van der Waals surface area contributed by atoms with Gasteiger partial charge < -0.3 is 11.1 Å². The van der Waals surface area contributed by atoms with Gasteiger partial charge in [0.25, 0.3) is 0 Å². The molecule has 0 unspecified atom stereocenters. The molecule has 0 radical (unpaired) electrons. The Kier molecular flexibility index (Phi) is 5.37. The molecule has 1 aromatic rings. The topological polar surface area (TPSA) is 38.0 Å². The first-order chi connectivity index (χ1) is 7.18. The van der Waals surface area contributed by atoms with Crippen LogP contribution in [0.2, 0.25) is 0 Å². The molecule has 15 heavy (non-hydrogen) atoms. The molecular weight excluding hydrogens is 184 g/mol. The first-order valence-corrected chi connectivity index (χ1v) is 5.68. The van der Waals surface area contributed by atoms with Gasteiger partial charge in [-0.1, -0.05) is 44.2 Å². The van der Waals surface area contributed by atoms with Crippen molar-refractivity contribution in [2.45, 2.75) is 32.9 Å². The Morgan fingerprint density at radius 2 is 1.87 bits per heavy atom. The lowest BCUT2D eigenvalue weighted by molar-refractivity contribution is 0.467. The largest absolute Gasteiger partial charge is 0.327 e. The van der Waals surface area contributed by atoms with E-state index in [0.717, 1.165) is 19.5 Å². The van der Waals surface area contributed by atoms with Crippen LogP contribution in [0.1, 0.15) is 25.8 Å². The normalized spacial score (nSPS) is 13.1. The molecule has 3 N–H and O–H groups in total. The van der Waals surface area contributed by atoms with Crippen LogP contribution in [0, 0.1) is 5.92 Å². The van der Waals surface area contributed by atoms with Crippen molar-refractivity contribution in [3.8, 4) is 0 Å². The summed E-state index contributed by atoms with van der Waals surface area (Å²) in [7, 11) is 0. The standard InChI is InChI=1S/C13H22N2/c1-11(2)8-13(14)10-15-9-12-6-4-3-5-7-12/h3-7,11,13,15H,8-10,14H2,1-2H3/t13-/m1/s1. The summed E-state index contributed by atoms with van der Waals surface area (Å²) >= 11 is 0. The van der Waals surface area contributed by atoms with Crippen LogP contribution in [0.3, 0.4) is 0 Å². The van der Waals surface area contributed by atoms with Crippen molar-refractivity contribution in [2.24, 2.45) is 11.7 Å². The summed E-state index contributed by atoms with van der Waals surface area (Å²) in [6.07, 6.45) is 1.09. The van der Waals surface area contributed by atoms with Gasteiger partial charge in [-0.15, -0.1) is 0 Å². The maximum absolute atomic E-state index is 5.98. The number of benzene rings is 1. The van der Waals surface area contributed by atoms with Gasteiger partial charge in [-0.2, -0.15) is 0 Å². The third kappa shape index (κ3) is 5.55. The molecule has 1 aromatic carbocycles. The summed E-state index contributed by atoms with van der Waals surface area (Å²) in [5.41, 5.74) is 7.29. The Hall–Kier alpha value is -0.860. The second kappa shape index (κ2) is 6.59. The molecule has 1 atom stereocenters. The quantitative estimate of drug-likeness (QED) is 0.748. The molecule has 0 fully saturated rings. The Labute approximate surface area is 92.9 Å². The SMILES string of the molecule is CC(C)C[C@@H](N)CNCc1ccccc1. The van der Waals surface area contributed by atoms with E-state index in [-0.39, 0.29) is 6.04 Å². The van der Waals surface area contributed by atoms with Gasteiger partial charge in [0.2, 0.25) is 0 Å². The van der Waals surface area contributed by atoms with Crippen LogP contribution in [0.25, 0.3) is 0 Å². The van der Waals surface area contributed by atoms with Crippen LogP contribution in [0.4, 0.5) is 0 Å². The highest BCUT2D eigenvalue weighted by atomic mass is 14.9. The van der Waals surface area contributed by atoms with Crippen LogP contribution >= 0.6 is 0 Å². The van der Waals surface area contributed by atoms with Gasteiger partial charge in [0, 0.05) is 19.1 Å². The van der Waals surface area contributed by atoms with Gasteiger partial charge in [0.1, 0.15) is 0 Å². The van der Waals surface area contributed by atoms with Crippen molar-refractivity contribution in [1.82, 2.24) is 5.32 Å². The molecule has 0 aromatic heterocycles. The molecule has 2 heteroatoms. The Morgan fingerprint density at radius 1 is 1.20 bits per heavy atom. The van der Waals surface area contributed by atoms with Gasteiger partial charge in [-0.05, 0) is 17.9 Å². The Bertz CT molecular complexity index is 256. The molecule has 0 aliphatic rings. The summed E-state index contributed by atoms with van der Waals surface area (Å²) < 4.78 is 0. The first-order valence-electron chi connectivity index (χ1n) is 5.68. The number of hydrogen-bond acceptors (Lipinski definition) is 2. The van der Waals surface area contributed by atoms with Crippen molar-refractivity contribution in [3.05, 3.63) is 35.9 Å². The molecule has 0 saturated carbocycles. The van der Waals surface area contributed by atoms with Crippen LogP contribution < -0.4 is 11.1 Å². The molecule has 1 rings (SSSR count). The summed E-state index contributed by atoms with van der Waals surface area (Å²) in [4.78, 5) is 0. The molecule has 0 heterocycles.